The first-order valence-electron chi connectivity index (χ1n) is 6.63. The molecule has 1 atom stereocenters. The predicted molar refractivity (Wildman–Crippen MR) is 77.2 cm³/mol. The van der Waals surface area contributed by atoms with Crippen molar-refractivity contribution in [2.75, 3.05) is 40.8 Å². The van der Waals surface area contributed by atoms with Crippen molar-refractivity contribution in [3.05, 3.63) is 35.9 Å². The zero-order chi connectivity index (χ0) is 14.1. The van der Waals surface area contributed by atoms with Crippen molar-refractivity contribution in [2.45, 2.75) is 12.3 Å². The lowest BCUT2D eigenvalue weighted by Crippen LogP contribution is -2.29. The van der Waals surface area contributed by atoms with Crippen molar-refractivity contribution < 1.29 is 9.53 Å². The van der Waals surface area contributed by atoms with E-state index in [1.807, 2.05) is 30.3 Å². The Balaban J connectivity index is 2.46. The Morgan fingerprint density at radius 3 is 2.58 bits per heavy atom. The number of carbonyl (C=O) groups is 1. The fourth-order valence-electron chi connectivity index (χ4n) is 1.93. The highest BCUT2D eigenvalue weighted by Gasteiger charge is 2.20. The number of nitrogens with zero attached hydrogens (tertiary/aromatic N) is 1. The van der Waals surface area contributed by atoms with Crippen molar-refractivity contribution in [1.29, 1.82) is 0 Å². The number of hydrogen-bond donors (Lipinski definition) is 1. The third-order valence-electron chi connectivity index (χ3n) is 2.99. The Morgan fingerprint density at radius 2 is 2.00 bits per heavy atom. The normalized spacial score (nSPS) is 12.4. The van der Waals surface area contributed by atoms with E-state index >= 15 is 0 Å². The molecule has 4 nitrogen and oxygen atoms in total. The Kier molecular flexibility index (Phi) is 7.15. The second-order valence-electron chi connectivity index (χ2n) is 4.85. The van der Waals surface area contributed by atoms with Crippen LogP contribution in [0, 0.1) is 0 Å². The molecule has 0 bridgehead atoms. The third kappa shape index (κ3) is 5.85. The van der Waals surface area contributed by atoms with Gasteiger partial charge in [-0.1, -0.05) is 30.3 Å². The summed E-state index contributed by atoms with van der Waals surface area (Å²) in [6.07, 6.45) is 1.07. The zero-order valence-electron chi connectivity index (χ0n) is 12.1. The summed E-state index contributed by atoms with van der Waals surface area (Å²) < 4.78 is 4.87. The fraction of sp³-hybridized carbons (Fsp3) is 0.533. The second-order valence-corrected chi connectivity index (χ2v) is 4.85. The number of esters is 1. The van der Waals surface area contributed by atoms with Crippen LogP contribution in [0.2, 0.25) is 0 Å². The van der Waals surface area contributed by atoms with Crippen molar-refractivity contribution in [2.24, 2.45) is 0 Å². The minimum Gasteiger partial charge on any atom is -0.469 e. The summed E-state index contributed by atoms with van der Waals surface area (Å²) >= 11 is 0. The highest BCUT2D eigenvalue weighted by molar-refractivity contribution is 5.78. The molecule has 0 amide bonds. The predicted octanol–water partition coefficient (Wildman–Crippen LogP) is 1.48. The summed E-state index contributed by atoms with van der Waals surface area (Å²) in [7, 11) is 5.55. The molecule has 0 spiro atoms. The number of methoxy groups -OCH3 is 1. The summed E-state index contributed by atoms with van der Waals surface area (Å²) in [6.45, 7) is 2.56. The van der Waals surface area contributed by atoms with Crippen molar-refractivity contribution in [3.63, 3.8) is 0 Å². The standard InChI is InChI=1S/C15H24N2O2/c1-17(2)11-7-10-16-12-14(15(18)19-3)13-8-5-4-6-9-13/h4-6,8-9,14,16H,7,10-12H2,1-3H3. The molecule has 0 saturated carbocycles. The first-order valence-corrected chi connectivity index (χ1v) is 6.63. The minimum atomic E-state index is -0.231. The van der Waals surface area contributed by atoms with Gasteiger partial charge in [-0.2, -0.15) is 0 Å². The molecule has 0 aliphatic rings. The van der Waals surface area contributed by atoms with Crippen molar-refractivity contribution in [1.82, 2.24) is 10.2 Å². The summed E-state index contributed by atoms with van der Waals surface area (Å²) in [6, 6.07) is 9.75. The zero-order valence-corrected chi connectivity index (χ0v) is 12.1. The van der Waals surface area contributed by atoms with Crippen LogP contribution in [0.5, 0.6) is 0 Å². The lowest BCUT2D eigenvalue weighted by molar-refractivity contribution is -0.142. The number of carbonyl (C=O) groups excluding carboxylic acids is 1. The molecule has 1 unspecified atom stereocenters. The van der Waals surface area contributed by atoms with Gasteiger partial charge in [0.25, 0.3) is 0 Å². The van der Waals surface area contributed by atoms with E-state index < -0.39 is 0 Å². The van der Waals surface area contributed by atoms with Gasteiger partial charge in [0.05, 0.1) is 13.0 Å². The highest BCUT2D eigenvalue weighted by Crippen LogP contribution is 2.16. The average Bonchev–Trinajstić information content (AvgIpc) is 2.42. The van der Waals surface area contributed by atoms with Crippen molar-refractivity contribution >= 4 is 5.97 Å². The molecule has 0 aliphatic carbocycles. The molecular weight excluding hydrogens is 240 g/mol. The first-order chi connectivity index (χ1) is 9.15. The number of ether oxygens (including phenoxy) is 1. The molecule has 1 rings (SSSR count). The van der Waals surface area contributed by atoms with E-state index in [-0.39, 0.29) is 11.9 Å². The van der Waals surface area contributed by atoms with E-state index in [9.17, 15) is 4.79 Å². The molecule has 1 aromatic carbocycles. The summed E-state index contributed by atoms with van der Waals surface area (Å²) in [5, 5.41) is 3.33. The molecule has 106 valence electrons. The molecule has 1 aromatic rings. The van der Waals surface area contributed by atoms with Gasteiger partial charge in [0.2, 0.25) is 0 Å². The Labute approximate surface area is 115 Å². The van der Waals surface area contributed by atoms with Gasteiger partial charge in [-0.05, 0) is 39.2 Å². The maximum Gasteiger partial charge on any atom is 0.314 e. The van der Waals surface area contributed by atoms with Gasteiger partial charge in [-0.15, -0.1) is 0 Å². The maximum atomic E-state index is 11.8. The minimum absolute atomic E-state index is 0.189. The topological polar surface area (TPSA) is 41.6 Å². The van der Waals surface area contributed by atoms with E-state index in [1.54, 1.807) is 0 Å². The van der Waals surface area contributed by atoms with E-state index in [1.165, 1.54) is 7.11 Å². The summed E-state index contributed by atoms with van der Waals surface area (Å²) in [5.41, 5.74) is 0.995. The molecule has 0 aliphatic heterocycles. The molecule has 19 heavy (non-hydrogen) atoms. The van der Waals surface area contributed by atoms with Crippen LogP contribution >= 0.6 is 0 Å². The molecule has 0 radical (unpaired) electrons. The highest BCUT2D eigenvalue weighted by atomic mass is 16.5. The first kappa shape index (κ1) is 15.7. The van der Waals surface area contributed by atoms with Crippen LogP contribution in [0.4, 0.5) is 0 Å². The van der Waals surface area contributed by atoms with E-state index in [0.29, 0.717) is 6.54 Å². The Bertz CT molecular complexity index is 366. The summed E-state index contributed by atoms with van der Waals surface area (Å²) in [4.78, 5) is 14.0. The number of nitrogens with one attached hydrogen (secondary N) is 1. The average molecular weight is 264 g/mol. The molecule has 0 saturated heterocycles. The molecular formula is C15H24N2O2. The Morgan fingerprint density at radius 1 is 1.32 bits per heavy atom. The molecule has 0 fully saturated rings. The Hall–Kier alpha value is -1.39. The van der Waals surface area contributed by atoms with Crippen LogP contribution in [-0.2, 0) is 9.53 Å². The third-order valence-corrected chi connectivity index (χ3v) is 2.99. The SMILES string of the molecule is COC(=O)C(CNCCCN(C)C)c1ccccc1. The molecule has 1 N–H and O–H groups in total. The van der Waals surface area contributed by atoms with Gasteiger partial charge >= 0.3 is 5.97 Å². The quantitative estimate of drug-likeness (QED) is 0.570. The van der Waals surface area contributed by atoms with Gasteiger partial charge in [0.1, 0.15) is 0 Å². The van der Waals surface area contributed by atoms with Gasteiger partial charge < -0.3 is 15.0 Å². The van der Waals surface area contributed by atoms with E-state index in [2.05, 4.69) is 24.3 Å². The second kappa shape index (κ2) is 8.67. The molecule has 4 heteroatoms. The lowest BCUT2D eigenvalue weighted by atomic mass is 9.99. The number of rotatable bonds is 8. The van der Waals surface area contributed by atoms with Crippen LogP contribution in [0.3, 0.4) is 0 Å². The smallest absolute Gasteiger partial charge is 0.314 e. The fourth-order valence-corrected chi connectivity index (χ4v) is 1.93. The van der Waals surface area contributed by atoms with Gasteiger partial charge in [-0.3, -0.25) is 4.79 Å². The monoisotopic (exact) mass is 264 g/mol. The van der Waals surface area contributed by atoms with Crippen molar-refractivity contribution in [3.8, 4) is 0 Å². The van der Waals surface area contributed by atoms with E-state index in [4.69, 9.17) is 4.74 Å². The largest absolute Gasteiger partial charge is 0.469 e. The van der Waals surface area contributed by atoms with Gasteiger partial charge in [0, 0.05) is 6.54 Å². The van der Waals surface area contributed by atoms with Crippen LogP contribution in [0.25, 0.3) is 0 Å². The van der Waals surface area contributed by atoms with Crippen LogP contribution in [0.1, 0.15) is 17.9 Å². The lowest BCUT2D eigenvalue weighted by Gasteiger charge is -2.16. The van der Waals surface area contributed by atoms with E-state index in [0.717, 1.165) is 25.1 Å². The maximum absolute atomic E-state index is 11.8. The summed E-state index contributed by atoms with van der Waals surface area (Å²) in [5.74, 6) is -0.420. The molecule has 0 heterocycles. The number of hydrogen-bond acceptors (Lipinski definition) is 4. The van der Waals surface area contributed by atoms with Gasteiger partial charge in [-0.25, -0.2) is 0 Å². The van der Waals surface area contributed by atoms with Crippen LogP contribution in [-0.4, -0.2) is 51.7 Å². The van der Waals surface area contributed by atoms with Crippen LogP contribution < -0.4 is 5.32 Å². The van der Waals surface area contributed by atoms with Gasteiger partial charge in [0.15, 0.2) is 0 Å². The van der Waals surface area contributed by atoms with Crippen LogP contribution in [0.15, 0.2) is 30.3 Å². The number of benzene rings is 1. The molecule has 0 aromatic heterocycles.